The van der Waals surface area contributed by atoms with Crippen LogP contribution in [0.25, 0.3) is 0 Å². The molecule has 0 aliphatic carbocycles. The molecule has 0 fully saturated rings. The van der Waals surface area contributed by atoms with Gasteiger partial charge in [0.15, 0.2) is 0 Å². The van der Waals surface area contributed by atoms with Crippen LogP contribution in [0, 0.1) is 5.92 Å². The molecule has 0 aromatic rings. The van der Waals surface area contributed by atoms with E-state index in [0.717, 1.165) is 0 Å². The number of nitrogens with one attached hydrogen (secondary N) is 1. The lowest BCUT2D eigenvalue weighted by atomic mass is 10.2. The highest BCUT2D eigenvalue weighted by Gasteiger charge is 2.13. The number of carbonyl (C=O) groups is 2. The first-order valence-electron chi connectivity index (χ1n) is 5.12. The molecular formula is C10H20N2O3. The van der Waals surface area contributed by atoms with Crippen LogP contribution in [-0.2, 0) is 9.53 Å². The number of carbonyl (C=O) groups excluding carboxylic acids is 2. The summed E-state index contributed by atoms with van der Waals surface area (Å²) in [7, 11) is 1.53. The summed E-state index contributed by atoms with van der Waals surface area (Å²) < 4.78 is 4.74. The summed E-state index contributed by atoms with van der Waals surface area (Å²) in [5.41, 5.74) is 0. The molecule has 5 nitrogen and oxygen atoms in total. The first kappa shape index (κ1) is 13.7. The van der Waals surface area contributed by atoms with Gasteiger partial charge in [-0.3, -0.25) is 4.79 Å². The first-order chi connectivity index (χ1) is 6.97. The van der Waals surface area contributed by atoms with Crippen LogP contribution in [-0.4, -0.2) is 43.6 Å². The molecule has 0 spiro atoms. The van der Waals surface area contributed by atoms with Crippen molar-refractivity contribution in [2.75, 3.05) is 26.7 Å². The van der Waals surface area contributed by atoms with Gasteiger partial charge in [-0.2, -0.15) is 0 Å². The van der Waals surface area contributed by atoms with Crippen LogP contribution < -0.4 is 5.32 Å². The van der Waals surface area contributed by atoms with Gasteiger partial charge < -0.3 is 15.0 Å². The van der Waals surface area contributed by atoms with Crippen LogP contribution in [0.2, 0.25) is 0 Å². The average molecular weight is 216 g/mol. The van der Waals surface area contributed by atoms with Gasteiger partial charge in [0.2, 0.25) is 5.91 Å². The maximum atomic E-state index is 11.3. The van der Waals surface area contributed by atoms with Crippen molar-refractivity contribution in [3.63, 3.8) is 0 Å². The van der Waals surface area contributed by atoms with Gasteiger partial charge in [-0.25, -0.2) is 4.79 Å². The van der Waals surface area contributed by atoms with Crippen LogP contribution in [0.1, 0.15) is 20.8 Å². The molecule has 1 N–H and O–H groups in total. The second kappa shape index (κ2) is 7.09. The number of rotatable bonds is 5. The van der Waals surface area contributed by atoms with Gasteiger partial charge in [-0.15, -0.1) is 0 Å². The minimum absolute atomic E-state index is 0.0333. The Labute approximate surface area is 90.8 Å². The molecule has 0 radical (unpaired) electrons. The molecular weight excluding hydrogens is 196 g/mol. The summed E-state index contributed by atoms with van der Waals surface area (Å²) in [5, 5.41) is 2.72. The third kappa shape index (κ3) is 6.76. The number of hydrogen-bond donors (Lipinski definition) is 1. The van der Waals surface area contributed by atoms with E-state index in [1.165, 1.54) is 11.9 Å². The SMILES string of the molecule is CCOC(=O)N(C)CC(=O)NCC(C)C. The Morgan fingerprint density at radius 1 is 1.40 bits per heavy atom. The van der Waals surface area contributed by atoms with Gasteiger partial charge in [0.05, 0.1) is 6.61 Å². The van der Waals surface area contributed by atoms with E-state index >= 15 is 0 Å². The van der Waals surface area contributed by atoms with E-state index in [2.05, 4.69) is 5.32 Å². The summed E-state index contributed by atoms with van der Waals surface area (Å²) in [6.45, 7) is 6.72. The molecule has 0 aromatic heterocycles. The van der Waals surface area contributed by atoms with Crippen molar-refractivity contribution in [3.05, 3.63) is 0 Å². The third-order valence-electron chi connectivity index (χ3n) is 1.67. The van der Waals surface area contributed by atoms with Crippen molar-refractivity contribution in [1.29, 1.82) is 0 Å². The van der Waals surface area contributed by atoms with E-state index in [9.17, 15) is 9.59 Å². The normalized spacial score (nSPS) is 9.93. The molecule has 0 aromatic carbocycles. The fraction of sp³-hybridized carbons (Fsp3) is 0.800. The highest BCUT2D eigenvalue weighted by atomic mass is 16.6. The number of hydrogen-bond acceptors (Lipinski definition) is 3. The summed E-state index contributed by atoms with van der Waals surface area (Å²) in [6, 6.07) is 0. The van der Waals surface area contributed by atoms with E-state index < -0.39 is 6.09 Å². The highest BCUT2D eigenvalue weighted by Crippen LogP contribution is 1.91. The van der Waals surface area contributed by atoms with Gasteiger partial charge in [0, 0.05) is 13.6 Å². The number of ether oxygens (including phenoxy) is 1. The lowest BCUT2D eigenvalue weighted by Gasteiger charge is -2.16. The van der Waals surface area contributed by atoms with Crippen molar-refractivity contribution in [1.82, 2.24) is 10.2 Å². The van der Waals surface area contributed by atoms with Gasteiger partial charge >= 0.3 is 6.09 Å². The first-order valence-corrected chi connectivity index (χ1v) is 5.12. The van der Waals surface area contributed by atoms with Crippen molar-refractivity contribution in [2.45, 2.75) is 20.8 Å². The quantitative estimate of drug-likeness (QED) is 0.741. The third-order valence-corrected chi connectivity index (χ3v) is 1.67. The zero-order valence-electron chi connectivity index (χ0n) is 9.87. The van der Waals surface area contributed by atoms with Crippen LogP contribution in [0.3, 0.4) is 0 Å². The Morgan fingerprint density at radius 2 is 2.00 bits per heavy atom. The van der Waals surface area contributed by atoms with E-state index in [1.807, 2.05) is 13.8 Å². The molecule has 0 heterocycles. The minimum Gasteiger partial charge on any atom is -0.450 e. The van der Waals surface area contributed by atoms with Crippen molar-refractivity contribution in [2.24, 2.45) is 5.92 Å². The van der Waals surface area contributed by atoms with Crippen molar-refractivity contribution >= 4 is 12.0 Å². The molecule has 0 atom stereocenters. The molecule has 88 valence electrons. The Hall–Kier alpha value is -1.26. The summed E-state index contributed by atoms with van der Waals surface area (Å²) in [5.74, 6) is 0.237. The van der Waals surface area contributed by atoms with Crippen molar-refractivity contribution in [3.8, 4) is 0 Å². The molecule has 0 aliphatic rings. The predicted octanol–water partition coefficient (Wildman–Crippen LogP) is 0.847. The van der Waals surface area contributed by atoms with Gasteiger partial charge in [0.1, 0.15) is 6.54 Å². The fourth-order valence-electron chi connectivity index (χ4n) is 0.887. The Bertz CT molecular complexity index is 217. The summed E-state index contributed by atoms with van der Waals surface area (Å²) in [6.07, 6.45) is -0.475. The lowest BCUT2D eigenvalue weighted by Crippen LogP contribution is -2.39. The van der Waals surface area contributed by atoms with Gasteiger partial charge in [0.25, 0.3) is 0 Å². The topological polar surface area (TPSA) is 58.6 Å². The summed E-state index contributed by atoms with van der Waals surface area (Å²) >= 11 is 0. The van der Waals surface area contributed by atoms with Gasteiger partial charge in [-0.05, 0) is 12.8 Å². The van der Waals surface area contributed by atoms with E-state index in [1.54, 1.807) is 6.92 Å². The van der Waals surface area contributed by atoms with Crippen LogP contribution in [0.4, 0.5) is 4.79 Å². The zero-order chi connectivity index (χ0) is 11.8. The predicted molar refractivity (Wildman–Crippen MR) is 57.5 cm³/mol. The van der Waals surface area contributed by atoms with Crippen molar-refractivity contribution < 1.29 is 14.3 Å². The number of amides is 2. The molecule has 0 unspecified atom stereocenters. The average Bonchev–Trinajstić information content (AvgIpc) is 2.15. The van der Waals surface area contributed by atoms with E-state index in [-0.39, 0.29) is 12.5 Å². The zero-order valence-corrected chi connectivity index (χ0v) is 9.87. The molecule has 5 heteroatoms. The maximum absolute atomic E-state index is 11.3. The van der Waals surface area contributed by atoms with Crippen LogP contribution in [0.5, 0.6) is 0 Å². The van der Waals surface area contributed by atoms with E-state index in [4.69, 9.17) is 4.74 Å². The molecule has 0 saturated carbocycles. The summed E-state index contributed by atoms with van der Waals surface area (Å²) in [4.78, 5) is 23.7. The molecule has 0 bridgehead atoms. The van der Waals surface area contributed by atoms with Crippen LogP contribution in [0.15, 0.2) is 0 Å². The minimum atomic E-state index is -0.475. The Kier molecular flexibility index (Phi) is 6.49. The fourth-order valence-corrected chi connectivity index (χ4v) is 0.887. The number of likely N-dealkylation sites (N-methyl/N-ethyl adjacent to an activating group) is 1. The Balaban J connectivity index is 3.80. The van der Waals surface area contributed by atoms with Gasteiger partial charge in [-0.1, -0.05) is 13.8 Å². The molecule has 2 amide bonds. The highest BCUT2D eigenvalue weighted by molar-refractivity contribution is 5.82. The molecule has 0 saturated heterocycles. The Morgan fingerprint density at radius 3 is 2.47 bits per heavy atom. The second-order valence-electron chi connectivity index (χ2n) is 3.75. The maximum Gasteiger partial charge on any atom is 0.409 e. The van der Waals surface area contributed by atoms with E-state index in [0.29, 0.717) is 19.1 Å². The molecule has 0 rings (SSSR count). The monoisotopic (exact) mass is 216 g/mol. The lowest BCUT2D eigenvalue weighted by molar-refractivity contribution is -0.121. The number of nitrogens with zero attached hydrogens (tertiary/aromatic N) is 1. The molecule has 15 heavy (non-hydrogen) atoms. The largest absolute Gasteiger partial charge is 0.450 e. The standard InChI is InChI=1S/C10H20N2O3/c1-5-15-10(14)12(4)7-9(13)11-6-8(2)3/h8H,5-7H2,1-4H3,(H,11,13). The smallest absolute Gasteiger partial charge is 0.409 e. The second-order valence-corrected chi connectivity index (χ2v) is 3.75. The van der Waals surface area contributed by atoms with Crippen LogP contribution >= 0.6 is 0 Å². The molecule has 0 aliphatic heterocycles.